The lowest BCUT2D eigenvalue weighted by molar-refractivity contribution is -0.392. The van der Waals surface area contributed by atoms with Gasteiger partial charge >= 0.3 is 5.82 Å². The number of imidazole rings is 1. The van der Waals surface area contributed by atoms with Crippen LogP contribution in [0.5, 0.6) is 0 Å². The molecule has 1 aromatic rings. The van der Waals surface area contributed by atoms with Gasteiger partial charge in [-0.2, -0.15) is 0 Å². The van der Waals surface area contributed by atoms with Gasteiger partial charge in [0.25, 0.3) is 0 Å². The van der Waals surface area contributed by atoms with Gasteiger partial charge in [0.1, 0.15) is 12.2 Å². The highest BCUT2D eigenvalue weighted by atomic mass is 16.6. The van der Waals surface area contributed by atoms with Crippen LogP contribution in [-0.4, -0.2) is 26.2 Å². The van der Waals surface area contributed by atoms with E-state index in [9.17, 15) is 10.1 Å². The zero-order valence-corrected chi connectivity index (χ0v) is 7.25. The highest BCUT2D eigenvalue weighted by molar-refractivity contribution is 5.15. The lowest BCUT2D eigenvalue weighted by atomic mass is 10.2. The minimum absolute atomic E-state index is 0.0825. The van der Waals surface area contributed by atoms with E-state index in [1.165, 1.54) is 17.1 Å². The first-order chi connectivity index (χ1) is 6.20. The van der Waals surface area contributed by atoms with Crippen molar-refractivity contribution in [1.29, 1.82) is 0 Å². The number of aromatic nitrogens is 2. The van der Waals surface area contributed by atoms with Crippen LogP contribution in [0.3, 0.4) is 0 Å². The van der Waals surface area contributed by atoms with Gasteiger partial charge in [0, 0.05) is 0 Å². The second kappa shape index (κ2) is 3.99. The van der Waals surface area contributed by atoms with Crippen LogP contribution in [0.2, 0.25) is 0 Å². The van der Waals surface area contributed by atoms with Crippen LogP contribution in [-0.2, 0) is 0 Å². The summed E-state index contributed by atoms with van der Waals surface area (Å²) in [6.45, 7) is 1.73. The summed E-state index contributed by atoms with van der Waals surface area (Å²) in [5, 5.41) is 19.4. The highest BCUT2D eigenvalue weighted by Gasteiger charge is 2.20. The molecule has 0 aliphatic carbocycles. The standard InChI is InChI=1S/C7H11N3O3/c1-2-6(4-11)9-5-8-3-7(9)10(12)13/h3,5-6,11H,2,4H2,1H3. The average molecular weight is 185 g/mol. The van der Waals surface area contributed by atoms with Crippen LogP contribution in [0.1, 0.15) is 19.4 Å². The summed E-state index contributed by atoms with van der Waals surface area (Å²) in [5.41, 5.74) is 0. The molecule has 0 saturated heterocycles. The molecule has 0 fully saturated rings. The van der Waals surface area contributed by atoms with Crippen molar-refractivity contribution in [2.75, 3.05) is 6.61 Å². The van der Waals surface area contributed by atoms with Crippen molar-refractivity contribution in [2.24, 2.45) is 0 Å². The lowest BCUT2D eigenvalue weighted by Crippen LogP contribution is -2.13. The third kappa shape index (κ3) is 1.83. The van der Waals surface area contributed by atoms with Gasteiger partial charge in [-0.1, -0.05) is 6.92 Å². The Hall–Kier alpha value is -1.43. The van der Waals surface area contributed by atoms with Crippen molar-refractivity contribution in [3.8, 4) is 0 Å². The van der Waals surface area contributed by atoms with E-state index >= 15 is 0 Å². The highest BCUT2D eigenvalue weighted by Crippen LogP contribution is 2.18. The molecule has 6 nitrogen and oxygen atoms in total. The maximum atomic E-state index is 10.5. The Morgan fingerprint density at radius 3 is 3.00 bits per heavy atom. The molecule has 0 saturated carbocycles. The molecule has 6 heteroatoms. The van der Waals surface area contributed by atoms with Gasteiger partial charge in [0.15, 0.2) is 6.33 Å². The first-order valence-corrected chi connectivity index (χ1v) is 3.97. The number of aliphatic hydroxyl groups is 1. The molecule has 1 heterocycles. The number of hydrogen-bond donors (Lipinski definition) is 1. The first kappa shape index (κ1) is 9.66. The lowest BCUT2D eigenvalue weighted by Gasteiger charge is -2.08. The van der Waals surface area contributed by atoms with Crippen LogP contribution in [0.4, 0.5) is 5.82 Å². The van der Waals surface area contributed by atoms with Crippen LogP contribution < -0.4 is 0 Å². The zero-order valence-electron chi connectivity index (χ0n) is 7.25. The van der Waals surface area contributed by atoms with Gasteiger partial charge in [-0.3, -0.25) is 0 Å². The number of nitro groups is 1. The molecule has 0 aliphatic rings. The van der Waals surface area contributed by atoms with Gasteiger partial charge in [0.2, 0.25) is 0 Å². The molecule has 0 radical (unpaired) electrons. The van der Waals surface area contributed by atoms with Crippen LogP contribution in [0.15, 0.2) is 12.5 Å². The van der Waals surface area contributed by atoms with Gasteiger partial charge in [0.05, 0.1) is 6.61 Å². The Balaban J connectivity index is 2.98. The van der Waals surface area contributed by atoms with E-state index in [0.717, 1.165) is 0 Å². The molecular formula is C7H11N3O3. The number of aliphatic hydroxyl groups excluding tert-OH is 1. The topological polar surface area (TPSA) is 81.2 Å². The fraction of sp³-hybridized carbons (Fsp3) is 0.571. The normalized spacial score (nSPS) is 12.8. The maximum absolute atomic E-state index is 10.5. The van der Waals surface area contributed by atoms with E-state index in [1.807, 2.05) is 6.92 Å². The summed E-state index contributed by atoms with van der Waals surface area (Å²) in [7, 11) is 0. The molecule has 0 aromatic carbocycles. The summed E-state index contributed by atoms with van der Waals surface area (Å²) in [4.78, 5) is 13.6. The van der Waals surface area contributed by atoms with Crippen molar-refractivity contribution in [3.63, 3.8) is 0 Å². The predicted octanol–water partition coefficient (Wildman–Crippen LogP) is 0.735. The molecule has 1 atom stereocenters. The average Bonchev–Trinajstić information content (AvgIpc) is 2.55. The van der Waals surface area contributed by atoms with Gasteiger partial charge in [-0.05, 0) is 11.3 Å². The molecule has 0 aliphatic heterocycles. The zero-order chi connectivity index (χ0) is 9.84. The molecule has 0 bridgehead atoms. The quantitative estimate of drug-likeness (QED) is 0.554. The minimum Gasteiger partial charge on any atom is -0.392 e. The fourth-order valence-corrected chi connectivity index (χ4v) is 1.13. The fourth-order valence-electron chi connectivity index (χ4n) is 1.13. The summed E-state index contributed by atoms with van der Waals surface area (Å²) in [5.74, 6) is -0.0825. The summed E-state index contributed by atoms with van der Waals surface area (Å²) >= 11 is 0. The van der Waals surface area contributed by atoms with E-state index < -0.39 is 4.92 Å². The summed E-state index contributed by atoms with van der Waals surface area (Å²) < 4.78 is 1.38. The third-order valence-corrected chi connectivity index (χ3v) is 1.91. The molecule has 0 spiro atoms. The van der Waals surface area contributed by atoms with Crippen LogP contribution >= 0.6 is 0 Å². The molecule has 13 heavy (non-hydrogen) atoms. The predicted molar refractivity (Wildman–Crippen MR) is 45.3 cm³/mol. The summed E-state index contributed by atoms with van der Waals surface area (Å²) in [6.07, 6.45) is 3.18. The maximum Gasteiger partial charge on any atom is 0.342 e. The van der Waals surface area contributed by atoms with Crippen molar-refractivity contribution >= 4 is 5.82 Å². The first-order valence-electron chi connectivity index (χ1n) is 3.97. The largest absolute Gasteiger partial charge is 0.392 e. The second-order valence-electron chi connectivity index (χ2n) is 2.66. The number of nitrogens with zero attached hydrogens (tertiary/aromatic N) is 3. The third-order valence-electron chi connectivity index (χ3n) is 1.91. The monoisotopic (exact) mass is 185 g/mol. The van der Waals surface area contributed by atoms with Crippen LogP contribution in [0, 0.1) is 10.1 Å². The van der Waals surface area contributed by atoms with Crippen molar-refractivity contribution in [3.05, 3.63) is 22.6 Å². The van der Waals surface area contributed by atoms with Crippen molar-refractivity contribution in [2.45, 2.75) is 19.4 Å². The van der Waals surface area contributed by atoms with Gasteiger partial charge in [-0.25, -0.2) is 9.55 Å². The Bertz CT molecular complexity index is 293. The Kier molecular flexibility index (Phi) is 2.97. The van der Waals surface area contributed by atoms with Gasteiger partial charge in [-0.15, -0.1) is 0 Å². The Labute approximate surface area is 75.0 Å². The second-order valence-corrected chi connectivity index (χ2v) is 2.66. The molecule has 1 unspecified atom stereocenters. The van der Waals surface area contributed by atoms with E-state index in [4.69, 9.17) is 5.11 Å². The SMILES string of the molecule is CCC(CO)n1cncc1[N+](=O)[O-]. The Morgan fingerprint density at radius 2 is 2.54 bits per heavy atom. The smallest absolute Gasteiger partial charge is 0.342 e. The molecule has 1 rings (SSSR count). The van der Waals surface area contributed by atoms with E-state index in [0.29, 0.717) is 6.42 Å². The van der Waals surface area contributed by atoms with E-state index in [-0.39, 0.29) is 18.5 Å². The van der Waals surface area contributed by atoms with Crippen molar-refractivity contribution in [1.82, 2.24) is 9.55 Å². The van der Waals surface area contributed by atoms with Gasteiger partial charge < -0.3 is 15.2 Å². The summed E-state index contributed by atoms with van der Waals surface area (Å²) in [6, 6.07) is -0.261. The van der Waals surface area contributed by atoms with Crippen molar-refractivity contribution < 1.29 is 10.0 Å². The molecule has 0 amide bonds. The molecule has 72 valence electrons. The number of hydrogen-bond acceptors (Lipinski definition) is 4. The molecule has 1 aromatic heterocycles. The van der Waals surface area contributed by atoms with E-state index in [1.54, 1.807) is 0 Å². The van der Waals surface area contributed by atoms with E-state index in [2.05, 4.69) is 4.98 Å². The minimum atomic E-state index is -0.509. The molecular weight excluding hydrogens is 174 g/mol. The van der Waals surface area contributed by atoms with Crippen LogP contribution in [0.25, 0.3) is 0 Å². The Morgan fingerprint density at radius 1 is 1.85 bits per heavy atom. The number of rotatable bonds is 4. The molecule has 1 N–H and O–H groups in total.